The molecule has 2 N–H and O–H groups in total. The van der Waals surface area contributed by atoms with Crippen LogP contribution in [0.15, 0.2) is 35.6 Å². The van der Waals surface area contributed by atoms with Crippen molar-refractivity contribution in [2.75, 3.05) is 0 Å². The molecule has 1 heteroatoms. The molecule has 0 aromatic rings. The number of nitrogens with two attached hydrogens (primary N) is 1. The van der Waals surface area contributed by atoms with Crippen molar-refractivity contribution in [3.63, 3.8) is 0 Å². The van der Waals surface area contributed by atoms with Crippen molar-refractivity contribution in [2.24, 2.45) is 11.7 Å². The van der Waals surface area contributed by atoms with Gasteiger partial charge in [-0.15, -0.1) is 0 Å². The Hall–Kier alpha value is -0.980. The minimum Gasteiger partial charge on any atom is -0.399 e. The summed E-state index contributed by atoms with van der Waals surface area (Å²) < 4.78 is 0. The molecule has 2 aliphatic rings. The third-order valence-electron chi connectivity index (χ3n) is 2.22. The van der Waals surface area contributed by atoms with E-state index in [0.29, 0.717) is 0 Å². The molecule has 0 spiro atoms. The molecule has 0 aromatic heterocycles. The molecule has 0 amide bonds. The first-order valence-electron chi connectivity index (χ1n) is 4.20. The van der Waals surface area contributed by atoms with Crippen molar-refractivity contribution in [1.82, 2.24) is 0 Å². The van der Waals surface area contributed by atoms with E-state index in [1.165, 1.54) is 18.4 Å². The highest BCUT2D eigenvalue weighted by Gasteiger charge is 2.24. The van der Waals surface area contributed by atoms with Crippen LogP contribution in [-0.4, -0.2) is 0 Å². The summed E-state index contributed by atoms with van der Waals surface area (Å²) in [5.41, 5.74) is 8.05. The Bertz CT molecular complexity index is 242. The first-order chi connectivity index (χ1) is 5.36. The predicted octanol–water partition coefficient (Wildman–Crippen LogP) is 2.13. The van der Waals surface area contributed by atoms with Crippen molar-refractivity contribution in [2.45, 2.75) is 19.3 Å². The average Bonchev–Trinajstić information content (AvgIpc) is 2.73. The molecular formula is C10H13N. The third kappa shape index (κ3) is 1.53. The standard InChI is InChI=1S/C10H13N/c11-10-3-1-2-8(6-7-10)9-4-5-9/h2-3,6-7,9H,1,4-5,11H2. The van der Waals surface area contributed by atoms with E-state index < -0.39 is 0 Å². The van der Waals surface area contributed by atoms with E-state index >= 15 is 0 Å². The van der Waals surface area contributed by atoms with Gasteiger partial charge in [0, 0.05) is 5.70 Å². The van der Waals surface area contributed by atoms with E-state index in [9.17, 15) is 0 Å². The summed E-state index contributed by atoms with van der Waals surface area (Å²) in [4.78, 5) is 0. The second-order valence-electron chi connectivity index (χ2n) is 3.25. The smallest absolute Gasteiger partial charge is 0.0276 e. The van der Waals surface area contributed by atoms with Crippen molar-refractivity contribution in [3.05, 3.63) is 35.6 Å². The third-order valence-corrected chi connectivity index (χ3v) is 2.22. The van der Waals surface area contributed by atoms with E-state index in [1.54, 1.807) is 0 Å². The van der Waals surface area contributed by atoms with E-state index in [1.807, 2.05) is 6.08 Å². The fourth-order valence-electron chi connectivity index (χ4n) is 1.38. The second-order valence-corrected chi connectivity index (χ2v) is 3.25. The summed E-state index contributed by atoms with van der Waals surface area (Å²) in [5.74, 6) is 0.852. The number of allylic oxidation sites excluding steroid dienone is 5. The summed E-state index contributed by atoms with van der Waals surface area (Å²) in [6, 6.07) is 0. The van der Waals surface area contributed by atoms with Crippen molar-refractivity contribution in [3.8, 4) is 0 Å². The molecule has 0 aromatic carbocycles. The number of rotatable bonds is 1. The van der Waals surface area contributed by atoms with Crippen LogP contribution in [0, 0.1) is 5.92 Å². The van der Waals surface area contributed by atoms with Gasteiger partial charge in [-0.05, 0) is 36.8 Å². The van der Waals surface area contributed by atoms with Gasteiger partial charge in [-0.3, -0.25) is 0 Å². The molecule has 0 aliphatic heterocycles. The van der Waals surface area contributed by atoms with Gasteiger partial charge in [-0.1, -0.05) is 18.2 Å². The Labute approximate surface area is 67.3 Å². The van der Waals surface area contributed by atoms with Gasteiger partial charge in [0.15, 0.2) is 0 Å². The number of hydrogen-bond acceptors (Lipinski definition) is 1. The van der Waals surface area contributed by atoms with E-state index in [0.717, 1.165) is 18.0 Å². The molecule has 0 atom stereocenters. The lowest BCUT2D eigenvalue weighted by molar-refractivity contribution is 1.04. The Balaban J connectivity index is 2.13. The van der Waals surface area contributed by atoms with E-state index in [4.69, 9.17) is 5.73 Å². The highest BCUT2D eigenvalue weighted by atomic mass is 14.6. The summed E-state index contributed by atoms with van der Waals surface area (Å²) in [5, 5.41) is 0. The number of hydrogen-bond donors (Lipinski definition) is 1. The quantitative estimate of drug-likeness (QED) is 0.604. The maximum Gasteiger partial charge on any atom is 0.0276 e. The van der Waals surface area contributed by atoms with Gasteiger partial charge < -0.3 is 5.73 Å². The Morgan fingerprint density at radius 1 is 1.18 bits per heavy atom. The van der Waals surface area contributed by atoms with Crippen LogP contribution >= 0.6 is 0 Å². The van der Waals surface area contributed by atoms with Gasteiger partial charge in [0.1, 0.15) is 0 Å². The highest BCUT2D eigenvalue weighted by molar-refractivity contribution is 5.33. The normalized spacial score (nSPS) is 24.0. The highest BCUT2D eigenvalue weighted by Crippen LogP contribution is 2.37. The molecule has 2 aliphatic carbocycles. The average molecular weight is 147 g/mol. The fraction of sp³-hybridized carbons (Fsp3) is 0.400. The lowest BCUT2D eigenvalue weighted by Crippen LogP contribution is -1.90. The van der Waals surface area contributed by atoms with Crippen LogP contribution in [0.2, 0.25) is 0 Å². The van der Waals surface area contributed by atoms with Gasteiger partial charge in [0.05, 0.1) is 0 Å². The minimum atomic E-state index is 0.852. The molecule has 2 rings (SSSR count). The first-order valence-corrected chi connectivity index (χ1v) is 4.20. The second kappa shape index (κ2) is 2.57. The Kier molecular flexibility index (Phi) is 1.57. The van der Waals surface area contributed by atoms with Crippen LogP contribution in [0.25, 0.3) is 0 Å². The topological polar surface area (TPSA) is 26.0 Å². The van der Waals surface area contributed by atoms with E-state index in [2.05, 4.69) is 18.2 Å². The summed E-state index contributed by atoms with van der Waals surface area (Å²) in [7, 11) is 0. The van der Waals surface area contributed by atoms with Gasteiger partial charge in [-0.2, -0.15) is 0 Å². The SMILES string of the molecule is NC1=CCC=C(C2CC2)C=C1. The van der Waals surface area contributed by atoms with Crippen molar-refractivity contribution in [1.29, 1.82) is 0 Å². The maximum atomic E-state index is 5.66. The van der Waals surface area contributed by atoms with Gasteiger partial charge in [-0.25, -0.2) is 0 Å². The van der Waals surface area contributed by atoms with Crippen LogP contribution < -0.4 is 5.73 Å². The zero-order chi connectivity index (χ0) is 7.68. The maximum absolute atomic E-state index is 5.66. The lowest BCUT2D eigenvalue weighted by atomic mass is 10.1. The largest absolute Gasteiger partial charge is 0.399 e. The monoisotopic (exact) mass is 147 g/mol. The molecule has 1 fully saturated rings. The van der Waals surface area contributed by atoms with Crippen LogP contribution in [0.4, 0.5) is 0 Å². The van der Waals surface area contributed by atoms with Gasteiger partial charge in [0.25, 0.3) is 0 Å². The zero-order valence-electron chi connectivity index (χ0n) is 6.59. The van der Waals surface area contributed by atoms with Crippen LogP contribution in [0.1, 0.15) is 19.3 Å². The van der Waals surface area contributed by atoms with E-state index in [-0.39, 0.29) is 0 Å². The molecular weight excluding hydrogens is 134 g/mol. The summed E-state index contributed by atoms with van der Waals surface area (Å²) in [6.45, 7) is 0. The van der Waals surface area contributed by atoms with Crippen LogP contribution in [-0.2, 0) is 0 Å². The minimum absolute atomic E-state index is 0.852. The van der Waals surface area contributed by atoms with Crippen LogP contribution in [0.3, 0.4) is 0 Å². The first kappa shape index (κ1) is 6.71. The summed E-state index contributed by atoms with van der Waals surface area (Å²) in [6.07, 6.45) is 12.3. The van der Waals surface area contributed by atoms with Crippen molar-refractivity contribution < 1.29 is 0 Å². The van der Waals surface area contributed by atoms with Gasteiger partial charge >= 0.3 is 0 Å². The Morgan fingerprint density at radius 2 is 2.00 bits per heavy atom. The molecule has 0 unspecified atom stereocenters. The zero-order valence-corrected chi connectivity index (χ0v) is 6.59. The molecule has 58 valence electrons. The molecule has 1 nitrogen and oxygen atoms in total. The summed E-state index contributed by atoms with van der Waals surface area (Å²) >= 11 is 0. The molecule has 0 heterocycles. The van der Waals surface area contributed by atoms with Crippen LogP contribution in [0.5, 0.6) is 0 Å². The molecule has 0 radical (unpaired) electrons. The van der Waals surface area contributed by atoms with Gasteiger partial charge in [0.2, 0.25) is 0 Å². The predicted molar refractivity (Wildman–Crippen MR) is 46.8 cm³/mol. The lowest BCUT2D eigenvalue weighted by Gasteiger charge is -1.93. The fourth-order valence-corrected chi connectivity index (χ4v) is 1.38. The molecule has 0 saturated heterocycles. The molecule has 0 bridgehead atoms. The molecule has 11 heavy (non-hydrogen) atoms. The Morgan fingerprint density at radius 3 is 2.73 bits per heavy atom. The molecule has 1 saturated carbocycles. The van der Waals surface area contributed by atoms with Crippen molar-refractivity contribution >= 4 is 0 Å².